The number of esters is 1. The predicted octanol–water partition coefficient (Wildman–Crippen LogP) is 5.40. The summed E-state index contributed by atoms with van der Waals surface area (Å²) in [5.41, 5.74) is -2.15. The van der Waals surface area contributed by atoms with Gasteiger partial charge in [0.15, 0.2) is 18.3 Å². The summed E-state index contributed by atoms with van der Waals surface area (Å²) in [7, 11) is 4.94. The smallest absolute Gasteiger partial charge is 0.311 e. The van der Waals surface area contributed by atoms with Gasteiger partial charge in [-0.2, -0.15) is 0 Å². The molecule has 6 rings (SSSR count). The van der Waals surface area contributed by atoms with Crippen molar-refractivity contribution in [2.75, 3.05) is 21.3 Å². The Morgan fingerprint density at radius 1 is 0.831 bits per heavy atom. The molecule has 0 aliphatic carbocycles. The van der Waals surface area contributed by atoms with Gasteiger partial charge in [0.25, 0.3) is 5.56 Å². The number of likely N-dealkylation sites (N-methyl/N-ethyl adjacent to an activating group) is 1. The van der Waals surface area contributed by atoms with Gasteiger partial charge in [-0.05, 0) is 98.4 Å². The lowest BCUT2D eigenvalue weighted by Crippen LogP contribution is -2.61. The highest BCUT2D eigenvalue weighted by molar-refractivity contribution is 5.83. The van der Waals surface area contributed by atoms with Crippen LogP contribution >= 0.6 is 0 Å². The summed E-state index contributed by atoms with van der Waals surface area (Å²) in [5, 5.41) is 65.4. The van der Waals surface area contributed by atoms with Gasteiger partial charge in [0.05, 0.1) is 53.8 Å². The molecule has 20 nitrogen and oxygen atoms in total. The van der Waals surface area contributed by atoms with E-state index >= 15 is 0 Å². The first kappa shape index (κ1) is 62.0. The van der Waals surface area contributed by atoms with Crippen LogP contribution in [0, 0.1) is 23.7 Å². The summed E-state index contributed by atoms with van der Waals surface area (Å²) < 4.78 is 48.3. The number of aryl methyl sites for hydroxylation is 2. The number of rotatable bonds is 18. The number of hydrogen-bond donors (Lipinski definition) is 5. The highest BCUT2D eigenvalue weighted by atomic mass is 16.7. The van der Waals surface area contributed by atoms with Crippen molar-refractivity contribution in [3.63, 3.8) is 0 Å². The average Bonchev–Trinajstić information content (AvgIpc) is 3.88. The normalized spacial score (nSPS) is 36.9. The monoisotopic (exact) mass is 1080 g/mol. The number of carbonyl (C=O) groups excluding carboxylic acids is 2. The molecule has 432 valence electrons. The van der Waals surface area contributed by atoms with E-state index in [9.17, 15) is 39.9 Å². The number of methoxy groups -OCH3 is 2. The summed E-state index contributed by atoms with van der Waals surface area (Å²) in [4.78, 5) is 43.0. The maximum absolute atomic E-state index is 14.5. The molecule has 0 bridgehead atoms. The lowest BCUT2D eigenvalue weighted by atomic mass is 9.74. The third-order valence-corrected chi connectivity index (χ3v) is 16.9. The second-order valence-electron chi connectivity index (χ2n) is 23.0. The van der Waals surface area contributed by atoms with E-state index in [1.54, 1.807) is 60.7 Å². The van der Waals surface area contributed by atoms with Crippen molar-refractivity contribution < 1.29 is 68.3 Å². The second-order valence-corrected chi connectivity index (χ2v) is 23.0. The van der Waals surface area contributed by atoms with E-state index in [0.29, 0.717) is 26.1 Å². The quantitative estimate of drug-likeness (QED) is 0.0790. The zero-order valence-corrected chi connectivity index (χ0v) is 47.6. The number of benzene rings is 1. The maximum atomic E-state index is 14.5. The summed E-state index contributed by atoms with van der Waals surface area (Å²) in [6.07, 6.45) is -2.46. The fourth-order valence-electron chi connectivity index (χ4n) is 11.8. The molecule has 0 saturated carbocycles. The molecule has 0 unspecified atom stereocenters. The van der Waals surface area contributed by atoms with Gasteiger partial charge in [-0.3, -0.25) is 24.0 Å². The molecule has 3 aromatic rings. The zero-order valence-electron chi connectivity index (χ0n) is 47.6. The maximum Gasteiger partial charge on any atom is 0.311 e. The number of aliphatic hydroxyl groups is 4. The second kappa shape index (κ2) is 26.4. The van der Waals surface area contributed by atoms with Crippen molar-refractivity contribution in [1.29, 1.82) is 0 Å². The van der Waals surface area contributed by atoms with E-state index in [1.165, 1.54) is 31.8 Å². The van der Waals surface area contributed by atoms with Crippen LogP contribution in [0.3, 0.4) is 0 Å². The Morgan fingerprint density at radius 3 is 2.14 bits per heavy atom. The number of cyclic esters (lactones) is 1. The molecule has 77 heavy (non-hydrogen) atoms. The number of ketones is 1. The number of aromatic nitrogens is 4. The van der Waals surface area contributed by atoms with Crippen LogP contribution < -0.4 is 5.56 Å². The average molecular weight is 1080 g/mol. The minimum Gasteiger partial charge on any atom is -0.503 e. The lowest BCUT2D eigenvalue weighted by molar-refractivity contribution is -0.319. The van der Waals surface area contributed by atoms with Gasteiger partial charge in [0.2, 0.25) is 0 Å². The topological polar surface area (TPSA) is 256 Å². The molecule has 1 aromatic carbocycles. The summed E-state index contributed by atoms with van der Waals surface area (Å²) in [6.45, 7) is 18.8. The molecule has 18 atom stereocenters. The van der Waals surface area contributed by atoms with Crippen molar-refractivity contribution in [3.05, 3.63) is 64.7 Å². The van der Waals surface area contributed by atoms with Crippen molar-refractivity contribution in [2.24, 2.45) is 23.7 Å². The van der Waals surface area contributed by atoms with Gasteiger partial charge in [0, 0.05) is 75.8 Å². The number of aromatic hydroxyl groups is 1. The fourth-order valence-corrected chi connectivity index (χ4v) is 11.8. The Bertz CT molecular complexity index is 2440. The van der Waals surface area contributed by atoms with Crippen LogP contribution in [0.4, 0.5) is 0 Å². The molecule has 3 aliphatic heterocycles. The SMILES string of the molecule is CC[C@H]1OC(=O)[C@H](C)[C@@H](O[C@H]2C[C@@](C)(OC)[C@@H](O)[C@H](C)O2)[C@H](C)[C@@H](O[C@@H]2O[C@H](C)C[C@H](N(C)Cc3ccc(-c4cn(CCCCCCn5cccc(O)c5=O)nn4)cc3)[C@H]2O)[C@](C)(OC)C[C@@H](C)C(=O)[C@H](C)[C@@H](O)[C@]1(C)O. The number of carbonyl (C=O) groups is 2. The minimum absolute atomic E-state index is 0.0622. The number of ether oxygens (including phenoxy) is 7. The van der Waals surface area contributed by atoms with Crippen molar-refractivity contribution in [3.8, 4) is 17.0 Å². The molecule has 0 spiro atoms. The van der Waals surface area contributed by atoms with Gasteiger partial charge in [-0.15, -0.1) is 5.10 Å². The predicted molar refractivity (Wildman–Crippen MR) is 285 cm³/mol. The molecular weight excluding hydrogens is 995 g/mol. The molecule has 3 fully saturated rings. The minimum atomic E-state index is -2.01. The largest absolute Gasteiger partial charge is 0.503 e. The lowest BCUT2D eigenvalue weighted by Gasteiger charge is -2.50. The van der Waals surface area contributed by atoms with Gasteiger partial charge in [-0.25, -0.2) is 0 Å². The van der Waals surface area contributed by atoms with E-state index in [-0.39, 0.29) is 42.5 Å². The summed E-state index contributed by atoms with van der Waals surface area (Å²) in [5.74, 6) is -5.00. The molecule has 2 aromatic heterocycles. The number of pyridine rings is 1. The van der Waals surface area contributed by atoms with E-state index < -0.39 is 108 Å². The van der Waals surface area contributed by atoms with Crippen LogP contribution in [0.1, 0.15) is 126 Å². The first-order chi connectivity index (χ1) is 36.3. The molecule has 3 aliphatic rings. The molecule has 5 heterocycles. The third kappa shape index (κ3) is 14.4. The van der Waals surface area contributed by atoms with E-state index in [4.69, 9.17) is 33.2 Å². The van der Waals surface area contributed by atoms with E-state index in [0.717, 1.165) is 42.5 Å². The van der Waals surface area contributed by atoms with Crippen molar-refractivity contribution in [2.45, 2.75) is 224 Å². The Balaban J connectivity index is 1.21. The molecule has 3 saturated heterocycles. The number of aliphatic hydroxyl groups excluding tert-OH is 3. The van der Waals surface area contributed by atoms with Gasteiger partial charge >= 0.3 is 5.97 Å². The molecule has 20 heteroatoms. The molecule has 0 radical (unpaired) electrons. The Hall–Kier alpha value is -4.19. The first-order valence-corrected chi connectivity index (χ1v) is 27.6. The number of unbranched alkanes of at least 4 members (excludes halogenated alkanes) is 3. The van der Waals surface area contributed by atoms with Crippen LogP contribution in [0.5, 0.6) is 5.75 Å². The summed E-state index contributed by atoms with van der Waals surface area (Å²) in [6, 6.07) is 10.7. The Kier molecular flexibility index (Phi) is 21.3. The summed E-state index contributed by atoms with van der Waals surface area (Å²) >= 11 is 0. The van der Waals surface area contributed by atoms with E-state index in [1.807, 2.05) is 56.0 Å². The van der Waals surface area contributed by atoms with Gasteiger partial charge in [-0.1, -0.05) is 70.0 Å². The van der Waals surface area contributed by atoms with Crippen LogP contribution in [0.25, 0.3) is 11.3 Å². The highest BCUT2D eigenvalue weighted by Gasteiger charge is 2.54. The van der Waals surface area contributed by atoms with Crippen LogP contribution in [-0.4, -0.2) is 167 Å². The van der Waals surface area contributed by atoms with Crippen molar-refractivity contribution in [1.82, 2.24) is 24.5 Å². The third-order valence-electron chi connectivity index (χ3n) is 16.9. The van der Waals surface area contributed by atoms with Gasteiger partial charge < -0.3 is 63.3 Å². The number of nitrogens with zero attached hydrogens (tertiary/aromatic N) is 5. The zero-order chi connectivity index (χ0) is 56.7. The molecule has 5 N–H and O–H groups in total. The standard InChI is InChI=1S/C57H89N5O15/c1-14-44-57(10,70)49(66)35(4)46(64)33(2)29-56(9,72-13)51(36(5)48(37(6)53(69)75-44)76-45-30-55(8,71-12)50(67)38(7)74-45)77-54-47(65)42(28-34(3)73-54)60(11)31-39-21-23-40(24-22-39)41-32-62(59-58-41)27-18-16-15-17-25-61-26-19-20-43(63)52(61)68/h19-24,26,32-38,42,44-45,47-51,54,63,65-67,70H,14-18,25,27-31H2,1-13H3/t33-,34-,35+,36+,37-,38+,42+,44-,45+,47-,48+,49-,50+,51-,54+,55-,56-,57-/m1/s1. The fraction of sp³-hybridized carbons (Fsp3) is 0.737. The van der Waals surface area contributed by atoms with E-state index in [2.05, 4.69) is 15.2 Å². The first-order valence-electron chi connectivity index (χ1n) is 27.6. The number of Topliss-reactive ketones (excluding diaryl/α,β-unsaturated/α-hetero) is 1. The molecule has 0 amide bonds. The Labute approximate surface area is 454 Å². The van der Waals surface area contributed by atoms with Crippen LogP contribution in [0.15, 0.2) is 53.6 Å². The van der Waals surface area contributed by atoms with Crippen molar-refractivity contribution >= 4 is 11.8 Å². The highest BCUT2D eigenvalue weighted by Crippen LogP contribution is 2.42. The molecular formula is C57H89N5O15. The van der Waals surface area contributed by atoms with Crippen LogP contribution in [0.2, 0.25) is 0 Å². The van der Waals surface area contributed by atoms with Gasteiger partial charge in [0.1, 0.15) is 35.4 Å². The Morgan fingerprint density at radius 2 is 1.49 bits per heavy atom. The van der Waals surface area contributed by atoms with Crippen LogP contribution in [-0.2, 0) is 62.4 Å². The number of hydrogen-bond acceptors (Lipinski definition) is 18.